The van der Waals surface area contributed by atoms with E-state index in [0.717, 1.165) is 11.1 Å². The van der Waals surface area contributed by atoms with Crippen molar-refractivity contribution in [3.05, 3.63) is 71.3 Å². The summed E-state index contributed by atoms with van der Waals surface area (Å²) in [4.78, 5) is 11.8. The summed E-state index contributed by atoms with van der Waals surface area (Å²) in [5.41, 5.74) is 0.973. The van der Waals surface area contributed by atoms with Crippen LogP contribution in [0.4, 0.5) is 0 Å². The van der Waals surface area contributed by atoms with Crippen LogP contribution in [-0.4, -0.2) is 16.5 Å². The minimum atomic E-state index is -1.48. The van der Waals surface area contributed by atoms with Gasteiger partial charge >= 0.3 is 0 Å². The smallest absolute Gasteiger partial charge is 0.206 e. The van der Waals surface area contributed by atoms with E-state index in [1.165, 1.54) is 0 Å². The first-order chi connectivity index (χ1) is 8.68. The lowest BCUT2D eigenvalue weighted by Gasteiger charge is -2.09. The van der Waals surface area contributed by atoms with E-state index in [-0.39, 0.29) is 0 Å². The molecule has 0 radical (unpaired) electrons. The van der Waals surface area contributed by atoms with E-state index in [1.54, 1.807) is 12.1 Å². The molecule has 0 fully saturated rings. The molecule has 0 amide bonds. The van der Waals surface area contributed by atoms with Crippen LogP contribution >= 0.6 is 11.6 Å². The Labute approximate surface area is 111 Å². The molecule has 0 heterocycles. The number of hydrogen-bond acceptors (Lipinski definition) is 2. The van der Waals surface area contributed by atoms with Crippen LogP contribution in [0.2, 0.25) is 0 Å². The van der Waals surface area contributed by atoms with Crippen LogP contribution in [0, 0.1) is 0 Å². The maximum absolute atomic E-state index is 11.8. The Morgan fingerprint density at radius 1 is 1.06 bits per heavy atom. The molecular formula is C15H13ClO2. The van der Waals surface area contributed by atoms with Crippen molar-refractivity contribution in [2.24, 2.45) is 0 Å². The van der Waals surface area contributed by atoms with Gasteiger partial charge in [0.1, 0.15) is 0 Å². The van der Waals surface area contributed by atoms with Gasteiger partial charge in [-0.05, 0) is 17.5 Å². The van der Waals surface area contributed by atoms with Gasteiger partial charge < -0.3 is 5.11 Å². The Bertz CT molecular complexity index is 535. The number of carbonyl (C=O) groups excluding carboxylic acids is 1. The van der Waals surface area contributed by atoms with Gasteiger partial charge in [-0.15, -0.1) is 0 Å². The van der Waals surface area contributed by atoms with Crippen LogP contribution in [0.5, 0.6) is 0 Å². The molecule has 2 aromatic rings. The number of aliphatic hydroxyl groups excluding tert-OH is 1. The van der Waals surface area contributed by atoms with Crippen molar-refractivity contribution in [2.45, 2.75) is 12.0 Å². The topological polar surface area (TPSA) is 37.3 Å². The van der Waals surface area contributed by atoms with Crippen LogP contribution in [0.15, 0.2) is 54.6 Å². The number of ketones is 1. The number of Topliss-reactive ketones (excluding diaryl/α,β-unsaturated/α-hetero) is 1. The normalized spacial score (nSPS) is 12.1. The minimum Gasteiger partial charge on any atom is -0.371 e. The van der Waals surface area contributed by atoms with Crippen molar-refractivity contribution < 1.29 is 9.90 Å². The zero-order chi connectivity index (χ0) is 13.0. The molecule has 0 bridgehead atoms. The molecule has 2 nitrogen and oxygen atoms in total. The van der Waals surface area contributed by atoms with Gasteiger partial charge in [0.2, 0.25) is 5.78 Å². The molecule has 2 aromatic carbocycles. The molecule has 0 spiro atoms. The van der Waals surface area contributed by atoms with Gasteiger partial charge in [-0.3, -0.25) is 4.79 Å². The van der Waals surface area contributed by atoms with Crippen molar-refractivity contribution in [2.75, 3.05) is 0 Å². The third-order valence-corrected chi connectivity index (χ3v) is 2.93. The van der Waals surface area contributed by atoms with E-state index in [4.69, 9.17) is 11.6 Å². The lowest BCUT2D eigenvalue weighted by molar-refractivity contribution is 0.0859. The highest BCUT2D eigenvalue weighted by Crippen LogP contribution is 2.17. The molecule has 92 valence electrons. The highest BCUT2D eigenvalue weighted by atomic mass is 35.5. The Morgan fingerprint density at radius 3 is 2.33 bits per heavy atom. The summed E-state index contributed by atoms with van der Waals surface area (Å²) in [6, 6.07) is 17.1. The molecule has 2 rings (SSSR count). The quantitative estimate of drug-likeness (QED) is 0.678. The predicted octanol–water partition coefficient (Wildman–Crippen LogP) is 3.02. The second-order valence-corrected chi connectivity index (χ2v) is 4.43. The molecule has 1 atom stereocenters. The maximum Gasteiger partial charge on any atom is 0.206 e. The molecule has 1 unspecified atom stereocenters. The van der Waals surface area contributed by atoms with E-state index in [1.807, 2.05) is 42.5 Å². The van der Waals surface area contributed by atoms with Crippen molar-refractivity contribution in [3.63, 3.8) is 0 Å². The summed E-state index contributed by atoms with van der Waals surface area (Å²) in [5, 5.41) is 9.18. The lowest BCUT2D eigenvalue weighted by atomic mass is 9.97. The average molecular weight is 261 g/mol. The Morgan fingerprint density at radius 2 is 1.67 bits per heavy atom. The van der Waals surface area contributed by atoms with Crippen LogP contribution in [0.25, 0.3) is 0 Å². The number of hydrogen-bond donors (Lipinski definition) is 1. The van der Waals surface area contributed by atoms with Gasteiger partial charge in [0.15, 0.2) is 5.56 Å². The highest BCUT2D eigenvalue weighted by molar-refractivity contribution is 6.32. The first-order valence-corrected chi connectivity index (χ1v) is 6.10. The van der Waals surface area contributed by atoms with Crippen LogP contribution in [0.1, 0.15) is 21.5 Å². The molecule has 0 aromatic heterocycles. The van der Waals surface area contributed by atoms with Gasteiger partial charge in [-0.2, -0.15) is 0 Å². The fraction of sp³-hybridized carbons (Fsp3) is 0.133. The number of carbonyl (C=O) groups is 1. The first-order valence-electron chi connectivity index (χ1n) is 5.66. The molecular weight excluding hydrogens is 248 g/mol. The highest BCUT2D eigenvalue weighted by Gasteiger charge is 2.17. The third kappa shape index (κ3) is 2.97. The molecule has 0 saturated carbocycles. The molecule has 18 heavy (non-hydrogen) atoms. The molecule has 0 aliphatic rings. The van der Waals surface area contributed by atoms with E-state index in [9.17, 15) is 9.90 Å². The summed E-state index contributed by atoms with van der Waals surface area (Å²) in [7, 11) is 0. The van der Waals surface area contributed by atoms with Crippen LogP contribution in [-0.2, 0) is 6.42 Å². The summed E-state index contributed by atoms with van der Waals surface area (Å²) < 4.78 is 0. The summed E-state index contributed by atoms with van der Waals surface area (Å²) in [5.74, 6) is -0.455. The standard InChI is InChI=1S/C15H13ClO2/c16-15(18)14(17)13-9-5-4-8-12(13)10-11-6-2-1-3-7-11/h1-9,15,18H,10H2. The average Bonchev–Trinajstić information content (AvgIpc) is 2.39. The van der Waals surface area contributed by atoms with Gasteiger partial charge in [0.05, 0.1) is 0 Å². The van der Waals surface area contributed by atoms with Crippen molar-refractivity contribution in [3.8, 4) is 0 Å². The van der Waals surface area contributed by atoms with Crippen molar-refractivity contribution in [1.82, 2.24) is 0 Å². The molecule has 0 aliphatic carbocycles. The zero-order valence-corrected chi connectivity index (χ0v) is 10.5. The SMILES string of the molecule is O=C(c1ccccc1Cc1ccccc1)C(O)Cl. The van der Waals surface area contributed by atoms with Crippen molar-refractivity contribution >= 4 is 17.4 Å². The Hall–Kier alpha value is -1.64. The fourth-order valence-corrected chi connectivity index (χ4v) is 1.98. The van der Waals surface area contributed by atoms with E-state index in [0.29, 0.717) is 12.0 Å². The number of halogens is 1. The van der Waals surface area contributed by atoms with Crippen LogP contribution < -0.4 is 0 Å². The monoisotopic (exact) mass is 260 g/mol. The van der Waals surface area contributed by atoms with Gasteiger partial charge in [-0.25, -0.2) is 0 Å². The first kappa shape index (κ1) is 12.8. The van der Waals surface area contributed by atoms with Gasteiger partial charge in [0.25, 0.3) is 0 Å². The number of benzene rings is 2. The van der Waals surface area contributed by atoms with E-state index in [2.05, 4.69) is 0 Å². The Kier molecular flexibility index (Phi) is 4.13. The molecule has 0 saturated heterocycles. The predicted molar refractivity (Wildman–Crippen MR) is 71.9 cm³/mol. The fourth-order valence-electron chi connectivity index (χ4n) is 1.86. The molecule has 0 aliphatic heterocycles. The number of aliphatic hydroxyl groups is 1. The summed E-state index contributed by atoms with van der Waals surface area (Å²) in [6.07, 6.45) is 0.645. The van der Waals surface area contributed by atoms with Crippen molar-refractivity contribution in [1.29, 1.82) is 0 Å². The van der Waals surface area contributed by atoms with E-state index >= 15 is 0 Å². The van der Waals surface area contributed by atoms with E-state index < -0.39 is 11.3 Å². The lowest BCUT2D eigenvalue weighted by Crippen LogP contribution is -2.15. The van der Waals surface area contributed by atoms with Gasteiger partial charge in [-0.1, -0.05) is 66.2 Å². The zero-order valence-electron chi connectivity index (χ0n) is 9.71. The summed E-state index contributed by atoms with van der Waals surface area (Å²) >= 11 is 5.44. The Balaban J connectivity index is 2.31. The molecule has 3 heteroatoms. The third-order valence-electron chi connectivity index (χ3n) is 2.74. The number of alkyl halides is 1. The second kappa shape index (κ2) is 5.80. The maximum atomic E-state index is 11.8. The molecule has 1 N–H and O–H groups in total. The second-order valence-electron chi connectivity index (χ2n) is 4.02. The largest absolute Gasteiger partial charge is 0.371 e. The van der Waals surface area contributed by atoms with Crippen LogP contribution in [0.3, 0.4) is 0 Å². The number of rotatable bonds is 4. The van der Waals surface area contributed by atoms with Gasteiger partial charge in [0, 0.05) is 5.56 Å². The minimum absolute atomic E-state index is 0.455. The summed E-state index contributed by atoms with van der Waals surface area (Å²) in [6.45, 7) is 0.